The highest BCUT2D eigenvalue weighted by molar-refractivity contribution is 5.13. The third-order valence-electron chi connectivity index (χ3n) is 5.30. The lowest BCUT2D eigenvalue weighted by Gasteiger charge is -2.22. The summed E-state index contributed by atoms with van der Waals surface area (Å²) in [5.41, 5.74) is 7.50. The average molecular weight is 341 g/mol. The van der Waals surface area contributed by atoms with E-state index in [9.17, 15) is 0 Å². The van der Waals surface area contributed by atoms with E-state index in [2.05, 4.69) is 65.5 Å². The predicted octanol–water partition coefficient (Wildman–Crippen LogP) is 8.49. The van der Waals surface area contributed by atoms with E-state index in [1.807, 2.05) is 0 Å². The summed E-state index contributed by atoms with van der Waals surface area (Å²) < 4.78 is 0. The standard InChI is InChI=1S/C25H40/c1-20(2)10-7-11-21(3)12-8-13-22(4)14-9-15-24(6)25-18-16-23(5)17-19-25/h10,12,14,16,25H,6-9,11,13,15,17-19H2,1-5H3/b21-12+,22-14+. The molecule has 0 aliphatic heterocycles. The SMILES string of the molecule is C=C(CC/C=C(\C)CC/C=C(\C)CCC=C(C)C)C1CC=C(C)CC1. The molecule has 0 saturated carbocycles. The largest absolute Gasteiger partial charge is 0.0996 e. The van der Waals surface area contributed by atoms with Crippen LogP contribution in [0, 0.1) is 5.92 Å². The molecule has 0 aromatic heterocycles. The highest BCUT2D eigenvalue weighted by atomic mass is 14.2. The Morgan fingerprint density at radius 2 is 1.52 bits per heavy atom. The molecular formula is C25H40. The highest BCUT2D eigenvalue weighted by Crippen LogP contribution is 2.30. The van der Waals surface area contributed by atoms with E-state index in [1.165, 1.54) is 67.2 Å². The average Bonchev–Trinajstić information content (AvgIpc) is 2.55. The van der Waals surface area contributed by atoms with Crippen molar-refractivity contribution in [1.82, 2.24) is 0 Å². The first-order valence-electron chi connectivity index (χ1n) is 10.2. The minimum absolute atomic E-state index is 0.726. The van der Waals surface area contributed by atoms with Gasteiger partial charge in [0.25, 0.3) is 0 Å². The molecule has 0 fully saturated rings. The molecule has 0 aromatic carbocycles. The van der Waals surface area contributed by atoms with Crippen LogP contribution >= 0.6 is 0 Å². The van der Waals surface area contributed by atoms with Crippen molar-refractivity contribution in [2.45, 2.75) is 92.4 Å². The quantitative estimate of drug-likeness (QED) is 0.350. The zero-order chi connectivity index (χ0) is 18.7. The van der Waals surface area contributed by atoms with Crippen molar-refractivity contribution in [1.29, 1.82) is 0 Å². The summed E-state index contributed by atoms with van der Waals surface area (Å²) in [6, 6.07) is 0. The molecule has 0 radical (unpaired) electrons. The Labute approximate surface area is 157 Å². The van der Waals surface area contributed by atoms with Crippen LogP contribution in [0.25, 0.3) is 0 Å². The molecule has 1 unspecified atom stereocenters. The second-order valence-corrected chi connectivity index (χ2v) is 8.18. The van der Waals surface area contributed by atoms with Gasteiger partial charge < -0.3 is 0 Å². The summed E-state index contributed by atoms with van der Waals surface area (Å²) in [4.78, 5) is 0. The van der Waals surface area contributed by atoms with Crippen LogP contribution < -0.4 is 0 Å². The van der Waals surface area contributed by atoms with E-state index >= 15 is 0 Å². The van der Waals surface area contributed by atoms with Gasteiger partial charge in [-0.15, -0.1) is 0 Å². The number of allylic oxidation sites excluding steroid dienone is 9. The van der Waals surface area contributed by atoms with Crippen LogP contribution in [0.5, 0.6) is 0 Å². The molecule has 0 spiro atoms. The monoisotopic (exact) mass is 340 g/mol. The lowest BCUT2D eigenvalue weighted by molar-refractivity contribution is 0.523. The van der Waals surface area contributed by atoms with Crippen LogP contribution in [-0.4, -0.2) is 0 Å². The van der Waals surface area contributed by atoms with Gasteiger partial charge in [-0.2, -0.15) is 0 Å². The van der Waals surface area contributed by atoms with Crippen molar-refractivity contribution in [3.63, 3.8) is 0 Å². The first-order valence-corrected chi connectivity index (χ1v) is 10.2. The van der Waals surface area contributed by atoms with Crippen LogP contribution in [0.1, 0.15) is 92.4 Å². The third kappa shape index (κ3) is 10.3. The Bertz CT molecular complexity index is 532. The maximum Gasteiger partial charge on any atom is -0.0168 e. The smallest absolute Gasteiger partial charge is 0.0168 e. The van der Waals surface area contributed by atoms with E-state index in [0.29, 0.717) is 0 Å². The molecule has 0 aromatic rings. The number of hydrogen-bond acceptors (Lipinski definition) is 0. The second-order valence-electron chi connectivity index (χ2n) is 8.18. The van der Waals surface area contributed by atoms with Gasteiger partial charge in [-0.25, -0.2) is 0 Å². The topological polar surface area (TPSA) is 0 Å². The second kappa shape index (κ2) is 12.1. The Balaban J connectivity index is 2.23. The summed E-state index contributed by atoms with van der Waals surface area (Å²) in [6.07, 6.45) is 20.4. The first-order chi connectivity index (χ1) is 11.9. The van der Waals surface area contributed by atoms with Gasteiger partial charge in [0.15, 0.2) is 0 Å². The molecule has 0 heteroatoms. The van der Waals surface area contributed by atoms with E-state index in [1.54, 1.807) is 5.57 Å². The van der Waals surface area contributed by atoms with Gasteiger partial charge in [0.1, 0.15) is 0 Å². The maximum absolute atomic E-state index is 4.35. The summed E-state index contributed by atoms with van der Waals surface area (Å²) in [6.45, 7) is 15.5. The Hall–Kier alpha value is -1.30. The van der Waals surface area contributed by atoms with Crippen LogP contribution in [0.15, 0.2) is 58.7 Å². The maximum atomic E-state index is 4.35. The Morgan fingerprint density at radius 3 is 2.04 bits per heavy atom. The van der Waals surface area contributed by atoms with Gasteiger partial charge >= 0.3 is 0 Å². The molecule has 0 heterocycles. The van der Waals surface area contributed by atoms with Gasteiger partial charge in [0.05, 0.1) is 0 Å². The normalized spacial score (nSPS) is 18.8. The van der Waals surface area contributed by atoms with Crippen molar-refractivity contribution in [3.8, 4) is 0 Å². The predicted molar refractivity (Wildman–Crippen MR) is 115 cm³/mol. The Morgan fingerprint density at radius 1 is 0.960 bits per heavy atom. The molecule has 140 valence electrons. The fraction of sp³-hybridized carbons (Fsp3) is 0.600. The third-order valence-corrected chi connectivity index (χ3v) is 5.30. The van der Waals surface area contributed by atoms with E-state index in [0.717, 1.165) is 18.8 Å². The molecule has 1 aliphatic rings. The minimum atomic E-state index is 0.726. The van der Waals surface area contributed by atoms with Crippen molar-refractivity contribution in [2.75, 3.05) is 0 Å². The zero-order valence-electron chi connectivity index (χ0n) is 17.5. The molecular weight excluding hydrogens is 300 g/mol. The first kappa shape index (κ1) is 21.7. The van der Waals surface area contributed by atoms with Crippen molar-refractivity contribution < 1.29 is 0 Å². The molecule has 0 N–H and O–H groups in total. The fourth-order valence-corrected chi connectivity index (χ4v) is 3.38. The molecule has 0 bridgehead atoms. The van der Waals surface area contributed by atoms with Gasteiger partial charge in [0.2, 0.25) is 0 Å². The number of rotatable bonds is 10. The van der Waals surface area contributed by atoms with E-state index in [-0.39, 0.29) is 0 Å². The van der Waals surface area contributed by atoms with Crippen molar-refractivity contribution >= 4 is 0 Å². The highest BCUT2D eigenvalue weighted by Gasteiger charge is 2.14. The lowest BCUT2D eigenvalue weighted by Crippen LogP contribution is -2.07. The van der Waals surface area contributed by atoms with Crippen LogP contribution in [0.4, 0.5) is 0 Å². The molecule has 0 nitrogen and oxygen atoms in total. The number of hydrogen-bond donors (Lipinski definition) is 0. The molecule has 1 rings (SSSR count). The lowest BCUT2D eigenvalue weighted by atomic mass is 9.83. The molecule has 1 atom stereocenters. The minimum Gasteiger partial charge on any atom is -0.0996 e. The molecule has 0 amide bonds. The molecule has 0 saturated heterocycles. The summed E-state index contributed by atoms with van der Waals surface area (Å²) in [5, 5.41) is 0. The zero-order valence-corrected chi connectivity index (χ0v) is 17.5. The summed E-state index contributed by atoms with van der Waals surface area (Å²) in [5.74, 6) is 0.726. The van der Waals surface area contributed by atoms with E-state index in [4.69, 9.17) is 0 Å². The van der Waals surface area contributed by atoms with Crippen LogP contribution in [0.2, 0.25) is 0 Å². The van der Waals surface area contributed by atoms with Gasteiger partial charge in [0, 0.05) is 0 Å². The Kier molecular flexibility index (Phi) is 10.5. The van der Waals surface area contributed by atoms with Crippen LogP contribution in [0.3, 0.4) is 0 Å². The van der Waals surface area contributed by atoms with Crippen LogP contribution in [-0.2, 0) is 0 Å². The van der Waals surface area contributed by atoms with Gasteiger partial charge in [-0.05, 0) is 98.3 Å². The summed E-state index contributed by atoms with van der Waals surface area (Å²) in [7, 11) is 0. The van der Waals surface area contributed by atoms with E-state index < -0.39 is 0 Å². The molecule has 1 aliphatic carbocycles. The van der Waals surface area contributed by atoms with Gasteiger partial charge in [-0.1, -0.05) is 58.7 Å². The fourth-order valence-electron chi connectivity index (χ4n) is 3.38. The molecule has 25 heavy (non-hydrogen) atoms. The van der Waals surface area contributed by atoms with Crippen molar-refractivity contribution in [2.24, 2.45) is 5.92 Å². The van der Waals surface area contributed by atoms with Crippen molar-refractivity contribution in [3.05, 3.63) is 58.7 Å². The summed E-state index contributed by atoms with van der Waals surface area (Å²) >= 11 is 0. The van der Waals surface area contributed by atoms with Gasteiger partial charge in [-0.3, -0.25) is 0 Å².